The summed E-state index contributed by atoms with van der Waals surface area (Å²) >= 11 is 1.77. The zero-order chi connectivity index (χ0) is 19.4. The van der Waals surface area contributed by atoms with Gasteiger partial charge in [-0.3, -0.25) is 4.79 Å². The van der Waals surface area contributed by atoms with Crippen LogP contribution in [0.1, 0.15) is 54.5 Å². The van der Waals surface area contributed by atoms with Gasteiger partial charge in [-0.05, 0) is 41.5 Å². The first-order chi connectivity index (χ1) is 12.9. The molecule has 1 aliphatic heterocycles. The zero-order valence-electron chi connectivity index (χ0n) is 16.7. The van der Waals surface area contributed by atoms with E-state index in [1.165, 1.54) is 15.3 Å². The summed E-state index contributed by atoms with van der Waals surface area (Å²) in [5, 5.41) is 5.36. The molecule has 2 heterocycles. The summed E-state index contributed by atoms with van der Waals surface area (Å²) in [6.45, 7) is 12.2. The Bertz CT molecular complexity index is 729. The third kappa shape index (κ3) is 4.98. The lowest BCUT2D eigenvalue weighted by Crippen LogP contribution is -3.15. The zero-order valence-corrected chi connectivity index (χ0v) is 17.6. The lowest BCUT2D eigenvalue weighted by atomic mass is 9.86. The van der Waals surface area contributed by atoms with Crippen LogP contribution in [0.15, 0.2) is 41.8 Å². The van der Waals surface area contributed by atoms with Gasteiger partial charge in [-0.2, -0.15) is 0 Å². The number of thiophene rings is 1. The van der Waals surface area contributed by atoms with Gasteiger partial charge in [0.1, 0.15) is 19.1 Å². The molecule has 1 amide bonds. The Labute approximate surface area is 166 Å². The predicted molar refractivity (Wildman–Crippen MR) is 111 cm³/mol. The van der Waals surface area contributed by atoms with E-state index in [9.17, 15) is 4.79 Å². The van der Waals surface area contributed by atoms with E-state index >= 15 is 0 Å². The lowest BCUT2D eigenvalue weighted by Gasteiger charge is -2.34. The fourth-order valence-corrected chi connectivity index (χ4v) is 4.70. The molecular formula is C22H31N2O2S+. The van der Waals surface area contributed by atoms with Gasteiger partial charge in [0.2, 0.25) is 0 Å². The van der Waals surface area contributed by atoms with Crippen LogP contribution in [0.25, 0.3) is 0 Å². The van der Waals surface area contributed by atoms with Crippen molar-refractivity contribution < 1.29 is 14.4 Å². The minimum atomic E-state index is -0.00262. The fourth-order valence-electron chi connectivity index (χ4n) is 3.71. The van der Waals surface area contributed by atoms with Gasteiger partial charge in [0, 0.05) is 5.56 Å². The Morgan fingerprint density at radius 1 is 1.15 bits per heavy atom. The van der Waals surface area contributed by atoms with Crippen LogP contribution in [0.4, 0.5) is 0 Å². The lowest BCUT2D eigenvalue weighted by molar-refractivity contribution is -0.939. The topological polar surface area (TPSA) is 42.8 Å². The number of ether oxygens (including phenoxy) is 1. The van der Waals surface area contributed by atoms with E-state index in [2.05, 4.69) is 62.7 Å². The van der Waals surface area contributed by atoms with Gasteiger partial charge in [-0.15, -0.1) is 11.3 Å². The minimum Gasteiger partial charge on any atom is -0.370 e. The molecule has 2 N–H and O–H groups in total. The second-order valence-electron chi connectivity index (χ2n) is 8.35. The van der Waals surface area contributed by atoms with E-state index in [4.69, 9.17) is 4.74 Å². The molecule has 0 bridgehead atoms. The summed E-state index contributed by atoms with van der Waals surface area (Å²) in [6, 6.07) is 12.6. The summed E-state index contributed by atoms with van der Waals surface area (Å²) in [5.74, 6) is -0.00262. The third-order valence-electron chi connectivity index (χ3n) is 5.30. The summed E-state index contributed by atoms with van der Waals surface area (Å²) in [4.78, 5) is 15.6. The number of quaternary nitrogens is 1. The quantitative estimate of drug-likeness (QED) is 0.829. The number of hydrogen-bond acceptors (Lipinski definition) is 3. The Morgan fingerprint density at radius 2 is 1.81 bits per heavy atom. The van der Waals surface area contributed by atoms with Crippen molar-refractivity contribution in [3.63, 3.8) is 0 Å². The maximum Gasteiger partial charge on any atom is 0.251 e. The van der Waals surface area contributed by atoms with Gasteiger partial charge in [-0.25, -0.2) is 0 Å². The molecule has 1 aromatic heterocycles. The van der Waals surface area contributed by atoms with Crippen LogP contribution < -0.4 is 10.2 Å². The van der Waals surface area contributed by atoms with E-state index in [0.717, 1.165) is 31.9 Å². The molecular weight excluding hydrogens is 356 g/mol. The van der Waals surface area contributed by atoms with Crippen LogP contribution in [0.3, 0.4) is 0 Å². The Balaban J connectivity index is 1.72. The van der Waals surface area contributed by atoms with E-state index in [1.807, 2.05) is 12.1 Å². The highest BCUT2D eigenvalue weighted by Crippen LogP contribution is 2.23. The van der Waals surface area contributed by atoms with Gasteiger partial charge < -0.3 is 15.0 Å². The summed E-state index contributed by atoms with van der Waals surface area (Å²) in [5.41, 5.74) is 2.05. The average molecular weight is 388 g/mol. The van der Waals surface area contributed by atoms with E-state index in [0.29, 0.717) is 0 Å². The third-order valence-corrected chi connectivity index (χ3v) is 6.25. The molecule has 0 spiro atoms. The molecule has 146 valence electrons. The van der Waals surface area contributed by atoms with E-state index in [1.54, 1.807) is 11.3 Å². The Morgan fingerprint density at radius 3 is 2.37 bits per heavy atom. The van der Waals surface area contributed by atoms with Gasteiger partial charge >= 0.3 is 0 Å². The maximum atomic E-state index is 12.8. The van der Waals surface area contributed by atoms with Gasteiger partial charge in [-0.1, -0.05) is 39.0 Å². The molecule has 2 atom stereocenters. The van der Waals surface area contributed by atoms with Crippen molar-refractivity contribution >= 4 is 17.2 Å². The molecule has 3 rings (SSSR count). The largest absolute Gasteiger partial charge is 0.370 e. The van der Waals surface area contributed by atoms with Crippen molar-refractivity contribution in [2.75, 3.05) is 26.3 Å². The first-order valence-corrected chi connectivity index (χ1v) is 10.6. The number of carbonyl (C=O) groups excluding carboxylic acids is 1. The molecule has 0 aliphatic carbocycles. The minimum absolute atomic E-state index is 0.00262. The highest BCUT2D eigenvalue weighted by molar-refractivity contribution is 7.10. The van der Waals surface area contributed by atoms with Crippen LogP contribution >= 0.6 is 11.3 Å². The van der Waals surface area contributed by atoms with Crippen molar-refractivity contribution in [2.24, 2.45) is 0 Å². The van der Waals surface area contributed by atoms with Crippen molar-refractivity contribution in [3.8, 4) is 0 Å². The molecule has 27 heavy (non-hydrogen) atoms. The first-order valence-electron chi connectivity index (χ1n) is 9.73. The number of rotatable bonds is 5. The highest BCUT2D eigenvalue weighted by Gasteiger charge is 2.33. The van der Waals surface area contributed by atoms with Crippen LogP contribution in [0.2, 0.25) is 0 Å². The molecule has 1 aromatic carbocycles. The van der Waals surface area contributed by atoms with Gasteiger partial charge in [0.15, 0.2) is 0 Å². The monoisotopic (exact) mass is 387 g/mol. The second kappa shape index (κ2) is 8.55. The molecule has 0 unspecified atom stereocenters. The SMILES string of the molecule is C[C@@H](NC(=O)c1ccc(C(C)(C)C)cc1)[C@@H](c1cccs1)[NH+]1CCOCC1. The van der Waals surface area contributed by atoms with Crippen molar-refractivity contribution in [3.05, 3.63) is 57.8 Å². The normalized spacial score (nSPS) is 18.1. The van der Waals surface area contributed by atoms with Crippen LogP contribution in [-0.2, 0) is 10.2 Å². The van der Waals surface area contributed by atoms with Crippen LogP contribution in [0.5, 0.6) is 0 Å². The van der Waals surface area contributed by atoms with Crippen LogP contribution in [-0.4, -0.2) is 38.3 Å². The highest BCUT2D eigenvalue weighted by atomic mass is 32.1. The summed E-state index contributed by atoms with van der Waals surface area (Å²) in [6.07, 6.45) is 0. The van der Waals surface area contributed by atoms with Gasteiger partial charge in [0.05, 0.1) is 24.1 Å². The summed E-state index contributed by atoms with van der Waals surface area (Å²) < 4.78 is 5.53. The van der Waals surface area contributed by atoms with Crippen molar-refractivity contribution in [1.29, 1.82) is 0 Å². The number of nitrogens with one attached hydrogen (secondary N) is 2. The Kier molecular flexibility index (Phi) is 6.35. The molecule has 5 heteroatoms. The van der Waals surface area contributed by atoms with Gasteiger partial charge in [0.25, 0.3) is 5.91 Å². The van der Waals surface area contributed by atoms with E-state index < -0.39 is 0 Å². The molecule has 0 radical (unpaired) electrons. The molecule has 1 aliphatic rings. The predicted octanol–water partition coefficient (Wildman–Crippen LogP) is 2.82. The number of morpholine rings is 1. The molecule has 0 saturated carbocycles. The molecule has 4 nitrogen and oxygen atoms in total. The van der Waals surface area contributed by atoms with Crippen molar-refractivity contribution in [1.82, 2.24) is 5.32 Å². The average Bonchev–Trinajstić information content (AvgIpc) is 3.16. The van der Waals surface area contributed by atoms with E-state index in [-0.39, 0.29) is 23.4 Å². The first kappa shape index (κ1) is 20.1. The second-order valence-corrected chi connectivity index (χ2v) is 9.33. The molecule has 2 aromatic rings. The molecule has 1 fully saturated rings. The number of amides is 1. The molecule has 1 saturated heterocycles. The standard InChI is InChI=1S/C22H30N2O2S/c1-16(20(19-6-5-15-27-19)24-11-13-26-14-12-24)23-21(25)17-7-9-18(10-8-17)22(2,3)4/h5-10,15-16,20H,11-14H2,1-4H3,(H,23,25)/p+1/t16-,20+/m1/s1. The number of hydrogen-bond donors (Lipinski definition) is 2. The fraction of sp³-hybridized carbons (Fsp3) is 0.500. The summed E-state index contributed by atoms with van der Waals surface area (Å²) in [7, 11) is 0. The van der Waals surface area contributed by atoms with Crippen molar-refractivity contribution in [2.45, 2.75) is 45.2 Å². The maximum absolute atomic E-state index is 12.8. The smallest absolute Gasteiger partial charge is 0.251 e. The number of benzene rings is 1. The number of carbonyl (C=O) groups is 1. The Hall–Kier alpha value is -1.69. The van der Waals surface area contributed by atoms with Crippen LogP contribution in [0, 0.1) is 0 Å².